The molecule has 2 aromatic carbocycles. The van der Waals surface area contributed by atoms with Crippen LogP contribution in [0.2, 0.25) is 0 Å². The van der Waals surface area contributed by atoms with Crippen molar-refractivity contribution in [2.45, 2.75) is 32.9 Å². The van der Waals surface area contributed by atoms with Crippen LogP contribution in [-0.2, 0) is 6.61 Å². The normalized spacial score (nSPS) is 14.7. The molecular formula is C24H34Cl2N2O2. The molecule has 0 saturated carbocycles. The largest absolute Gasteiger partial charge is 0.490 e. The zero-order chi connectivity index (χ0) is 19.8. The highest BCUT2D eigenvalue weighted by atomic mass is 35.5. The van der Waals surface area contributed by atoms with Crippen LogP contribution in [0.3, 0.4) is 0 Å². The van der Waals surface area contributed by atoms with Gasteiger partial charge in [0, 0.05) is 32.2 Å². The molecule has 1 N–H and O–H groups in total. The Bertz CT molecular complexity index is 765. The van der Waals surface area contributed by atoms with Crippen LogP contribution in [0.1, 0.15) is 37.4 Å². The van der Waals surface area contributed by atoms with Gasteiger partial charge in [-0.2, -0.15) is 0 Å². The Balaban J connectivity index is 0.00000225. The number of ether oxygens (including phenoxy) is 2. The summed E-state index contributed by atoms with van der Waals surface area (Å²) in [6.07, 6.45) is 0.954. The van der Waals surface area contributed by atoms with E-state index in [0.717, 1.165) is 49.7 Å². The van der Waals surface area contributed by atoms with E-state index in [9.17, 15) is 0 Å². The minimum Gasteiger partial charge on any atom is -0.490 e. The summed E-state index contributed by atoms with van der Waals surface area (Å²) in [5.41, 5.74) is 3.61. The van der Waals surface area contributed by atoms with Crippen molar-refractivity contribution in [2.75, 3.05) is 32.8 Å². The number of rotatable bonds is 9. The number of hydrogen-bond acceptors (Lipinski definition) is 4. The van der Waals surface area contributed by atoms with E-state index in [2.05, 4.69) is 54.1 Å². The van der Waals surface area contributed by atoms with Gasteiger partial charge in [0.05, 0.1) is 6.61 Å². The van der Waals surface area contributed by atoms with Crippen molar-refractivity contribution in [3.05, 3.63) is 71.8 Å². The van der Waals surface area contributed by atoms with E-state index in [-0.39, 0.29) is 24.8 Å². The van der Waals surface area contributed by atoms with Gasteiger partial charge in [-0.1, -0.05) is 42.0 Å². The fraction of sp³-hybridized carbons (Fsp3) is 0.417. The van der Waals surface area contributed by atoms with Crippen molar-refractivity contribution in [3.8, 4) is 11.5 Å². The third-order valence-electron chi connectivity index (χ3n) is 5.02. The molecule has 6 heteroatoms. The molecule has 3 rings (SSSR count). The number of benzene rings is 2. The molecule has 1 heterocycles. The first-order chi connectivity index (χ1) is 13.7. The summed E-state index contributed by atoms with van der Waals surface area (Å²) in [6.45, 7) is 13.6. The average molecular weight is 453 g/mol. The van der Waals surface area contributed by atoms with Gasteiger partial charge in [0.15, 0.2) is 11.5 Å². The van der Waals surface area contributed by atoms with E-state index in [1.807, 2.05) is 25.1 Å². The van der Waals surface area contributed by atoms with Gasteiger partial charge < -0.3 is 14.8 Å². The van der Waals surface area contributed by atoms with E-state index in [1.54, 1.807) is 0 Å². The maximum absolute atomic E-state index is 6.07. The summed E-state index contributed by atoms with van der Waals surface area (Å²) in [5.74, 6) is 1.61. The predicted molar refractivity (Wildman–Crippen MR) is 129 cm³/mol. The summed E-state index contributed by atoms with van der Waals surface area (Å²) >= 11 is 0. The summed E-state index contributed by atoms with van der Waals surface area (Å²) < 4.78 is 12.0. The lowest BCUT2D eigenvalue weighted by molar-refractivity contribution is 0.172. The van der Waals surface area contributed by atoms with Crippen LogP contribution in [0.5, 0.6) is 11.5 Å². The maximum Gasteiger partial charge on any atom is 0.161 e. The number of nitrogens with zero attached hydrogens (tertiary/aromatic N) is 1. The van der Waals surface area contributed by atoms with Crippen LogP contribution in [0, 0.1) is 0 Å². The Labute approximate surface area is 193 Å². The van der Waals surface area contributed by atoms with E-state index in [4.69, 9.17) is 9.47 Å². The Morgan fingerprint density at radius 1 is 1.03 bits per heavy atom. The van der Waals surface area contributed by atoms with Crippen molar-refractivity contribution < 1.29 is 9.47 Å². The lowest BCUT2D eigenvalue weighted by atomic mass is 9.97. The van der Waals surface area contributed by atoms with Crippen molar-refractivity contribution in [2.24, 2.45) is 0 Å². The van der Waals surface area contributed by atoms with Crippen LogP contribution in [0.4, 0.5) is 0 Å². The topological polar surface area (TPSA) is 33.7 Å². The van der Waals surface area contributed by atoms with Crippen LogP contribution in [-0.4, -0.2) is 37.7 Å². The van der Waals surface area contributed by atoms with E-state index in [0.29, 0.717) is 19.3 Å². The second-order valence-electron chi connectivity index (χ2n) is 7.38. The van der Waals surface area contributed by atoms with Crippen LogP contribution in [0.25, 0.3) is 0 Å². The van der Waals surface area contributed by atoms with Crippen LogP contribution >= 0.6 is 24.8 Å². The highest BCUT2D eigenvalue weighted by Crippen LogP contribution is 2.35. The van der Waals surface area contributed by atoms with Gasteiger partial charge in [0.2, 0.25) is 0 Å². The maximum atomic E-state index is 6.07. The minimum atomic E-state index is 0. The lowest BCUT2D eigenvalue weighted by Crippen LogP contribution is -2.45. The molecule has 0 spiro atoms. The fourth-order valence-corrected chi connectivity index (χ4v) is 3.64. The molecule has 1 fully saturated rings. The van der Waals surface area contributed by atoms with Gasteiger partial charge in [-0.25, -0.2) is 0 Å². The molecule has 2 aromatic rings. The van der Waals surface area contributed by atoms with Crippen molar-refractivity contribution in [1.82, 2.24) is 10.2 Å². The van der Waals surface area contributed by atoms with E-state index in [1.165, 1.54) is 11.1 Å². The molecule has 0 radical (unpaired) electrons. The Morgan fingerprint density at radius 2 is 1.73 bits per heavy atom. The van der Waals surface area contributed by atoms with E-state index >= 15 is 0 Å². The molecule has 30 heavy (non-hydrogen) atoms. The summed E-state index contributed by atoms with van der Waals surface area (Å²) in [7, 11) is 0. The molecule has 0 amide bonds. The fourth-order valence-electron chi connectivity index (χ4n) is 3.64. The quantitative estimate of drug-likeness (QED) is 0.514. The second-order valence-corrected chi connectivity index (χ2v) is 7.38. The highest BCUT2D eigenvalue weighted by Gasteiger charge is 2.23. The zero-order valence-electron chi connectivity index (χ0n) is 17.9. The van der Waals surface area contributed by atoms with Crippen LogP contribution < -0.4 is 14.8 Å². The zero-order valence-corrected chi connectivity index (χ0v) is 19.6. The molecule has 1 aliphatic heterocycles. The van der Waals surface area contributed by atoms with Gasteiger partial charge >= 0.3 is 0 Å². The Morgan fingerprint density at radius 3 is 2.37 bits per heavy atom. The van der Waals surface area contributed by atoms with Gasteiger partial charge in [-0.05, 0) is 43.5 Å². The number of halogens is 2. The first kappa shape index (κ1) is 26.3. The monoisotopic (exact) mass is 452 g/mol. The summed E-state index contributed by atoms with van der Waals surface area (Å²) in [6, 6.07) is 16.9. The van der Waals surface area contributed by atoms with Crippen molar-refractivity contribution in [3.63, 3.8) is 0 Å². The molecule has 166 valence electrons. The lowest BCUT2D eigenvalue weighted by Gasteiger charge is -2.35. The molecule has 1 aliphatic rings. The molecular weight excluding hydrogens is 419 g/mol. The van der Waals surface area contributed by atoms with Gasteiger partial charge in [0.25, 0.3) is 0 Å². The van der Waals surface area contributed by atoms with Gasteiger partial charge in [-0.15, -0.1) is 31.4 Å². The SMILES string of the molecule is C=C(C)C[C@@H](c1ccc(OCc2ccccc2)c(OCC)c1)N1CCNCC1.Cl.Cl. The van der Waals surface area contributed by atoms with Gasteiger partial charge in [-0.3, -0.25) is 4.90 Å². The predicted octanol–water partition coefficient (Wildman–Crippen LogP) is 5.42. The minimum absolute atomic E-state index is 0. The van der Waals surface area contributed by atoms with Crippen molar-refractivity contribution >= 4 is 24.8 Å². The molecule has 0 aromatic heterocycles. The highest BCUT2D eigenvalue weighted by molar-refractivity contribution is 5.85. The smallest absolute Gasteiger partial charge is 0.161 e. The Hall–Kier alpha value is -1.72. The standard InChI is InChI=1S/C24H32N2O2.2ClH/c1-4-27-24-17-21(22(16-19(2)3)26-14-12-25-13-15-26)10-11-23(24)28-18-20-8-6-5-7-9-20;;/h5-11,17,22,25H,2,4,12-16,18H2,1,3H3;2*1H/t22-;;/m0../s1. The Kier molecular flexibility index (Phi) is 11.9. The third-order valence-corrected chi connectivity index (χ3v) is 5.02. The first-order valence-electron chi connectivity index (χ1n) is 10.2. The van der Waals surface area contributed by atoms with Crippen LogP contribution in [0.15, 0.2) is 60.7 Å². The number of piperazine rings is 1. The summed E-state index contributed by atoms with van der Waals surface area (Å²) in [4.78, 5) is 2.54. The van der Waals surface area contributed by atoms with Gasteiger partial charge in [0.1, 0.15) is 6.61 Å². The first-order valence-corrected chi connectivity index (χ1v) is 10.2. The average Bonchev–Trinajstić information content (AvgIpc) is 2.72. The third kappa shape index (κ3) is 7.51. The molecule has 0 unspecified atom stereocenters. The molecule has 0 bridgehead atoms. The molecule has 1 atom stereocenters. The van der Waals surface area contributed by atoms with Crippen molar-refractivity contribution in [1.29, 1.82) is 0 Å². The molecule has 0 aliphatic carbocycles. The molecule has 4 nitrogen and oxygen atoms in total. The number of hydrogen-bond donors (Lipinski definition) is 1. The molecule has 1 saturated heterocycles. The van der Waals surface area contributed by atoms with E-state index < -0.39 is 0 Å². The summed E-state index contributed by atoms with van der Waals surface area (Å²) in [5, 5.41) is 3.44. The second kappa shape index (κ2) is 13.6. The number of nitrogens with one attached hydrogen (secondary N) is 1.